The highest BCUT2D eigenvalue weighted by Gasteiger charge is 2.21. The van der Waals surface area contributed by atoms with Gasteiger partial charge in [-0.3, -0.25) is 4.31 Å². The third-order valence-electron chi connectivity index (χ3n) is 3.01. The molecule has 0 spiro atoms. The van der Waals surface area contributed by atoms with Crippen LogP contribution < -0.4 is 9.62 Å². The quantitative estimate of drug-likeness (QED) is 0.744. The number of nitrogens with one attached hydrogen (secondary N) is 1. The Labute approximate surface area is 116 Å². The van der Waals surface area contributed by atoms with Gasteiger partial charge in [0.2, 0.25) is 10.0 Å². The van der Waals surface area contributed by atoms with Gasteiger partial charge in [0, 0.05) is 6.54 Å². The topological polar surface area (TPSA) is 49.4 Å². The number of sulfonamides is 1. The SMILES string of the molecule is CCNCCCS(=O)(=O)N(CC)c1ccccc1C. The molecule has 1 aromatic carbocycles. The predicted molar refractivity (Wildman–Crippen MR) is 81.1 cm³/mol. The molecule has 0 fully saturated rings. The Morgan fingerprint density at radius 2 is 1.89 bits per heavy atom. The normalized spacial score (nSPS) is 11.5. The molecule has 0 heterocycles. The summed E-state index contributed by atoms with van der Waals surface area (Å²) in [5, 5.41) is 3.15. The van der Waals surface area contributed by atoms with Crippen molar-refractivity contribution in [3.05, 3.63) is 29.8 Å². The Morgan fingerprint density at radius 3 is 2.47 bits per heavy atom. The molecule has 19 heavy (non-hydrogen) atoms. The maximum atomic E-state index is 12.4. The lowest BCUT2D eigenvalue weighted by Gasteiger charge is -2.24. The largest absolute Gasteiger partial charge is 0.317 e. The number of aryl methyl sites for hydroxylation is 1. The van der Waals surface area contributed by atoms with E-state index >= 15 is 0 Å². The fourth-order valence-corrected chi connectivity index (χ4v) is 3.65. The van der Waals surface area contributed by atoms with Crippen molar-refractivity contribution in [3.63, 3.8) is 0 Å². The lowest BCUT2D eigenvalue weighted by atomic mass is 10.2. The van der Waals surface area contributed by atoms with Gasteiger partial charge >= 0.3 is 0 Å². The third-order valence-corrected chi connectivity index (χ3v) is 4.94. The van der Waals surface area contributed by atoms with Crippen LogP contribution in [0.1, 0.15) is 25.8 Å². The Morgan fingerprint density at radius 1 is 1.21 bits per heavy atom. The first-order chi connectivity index (χ1) is 9.03. The van der Waals surface area contributed by atoms with E-state index in [1.54, 1.807) is 0 Å². The van der Waals surface area contributed by atoms with Crippen LogP contribution in [0, 0.1) is 6.92 Å². The third kappa shape index (κ3) is 4.51. The van der Waals surface area contributed by atoms with E-state index in [2.05, 4.69) is 5.32 Å². The Hall–Kier alpha value is -1.07. The molecule has 0 atom stereocenters. The minimum absolute atomic E-state index is 0.183. The van der Waals surface area contributed by atoms with Crippen molar-refractivity contribution >= 4 is 15.7 Å². The van der Waals surface area contributed by atoms with E-state index in [1.165, 1.54) is 4.31 Å². The van der Waals surface area contributed by atoms with Gasteiger partial charge in [-0.05, 0) is 45.0 Å². The molecule has 0 aliphatic rings. The zero-order valence-corrected chi connectivity index (χ0v) is 12.8. The average Bonchev–Trinajstić information content (AvgIpc) is 2.37. The second kappa shape index (κ2) is 7.50. The van der Waals surface area contributed by atoms with Crippen LogP contribution >= 0.6 is 0 Å². The molecular formula is C14H24N2O2S. The predicted octanol–water partition coefficient (Wildman–Crippen LogP) is 2.15. The summed E-state index contributed by atoms with van der Waals surface area (Å²) in [6.45, 7) is 7.89. The van der Waals surface area contributed by atoms with Gasteiger partial charge in [0.15, 0.2) is 0 Å². The zero-order valence-electron chi connectivity index (χ0n) is 12.0. The molecule has 0 unspecified atom stereocenters. The van der Waals surface area contributed by atoms with Crippen LogP contribution in [-0.4, -0.2) is 33.8 Å². The molecule has 0 aliphatic carbocycles. The van der Waals surface area contributed by atoms with Crippen molar-refractivity contribution < 1.29 is 8.42 Å². The van der Waals surface area contributed by atoms with Crippen LogP contribution in [0.15, 0.2) is 24.3 Å². The number of hydrogen-bond donors (Lipinski definition) is 1. The Bertz CT molecular complexity index is 486. The molecule has 0 bridgehead atoms. The zero-order chi connectivity index (χ0) is 14.3. The number of hydrogen-bond acceptors (Lipinski definition) is 3. The molecule has 0 radical (unpaired) electrons. The highest BCUT2D eigenvalue weighted by atomic mass is 32.2. The van der Waals surface area contributed by atoms with Crippen molar-refractivity contribution in [3.8, 4) is 0 Å². The Kier molecular flexibility index (Phi) is 6.31. The molecule has 108 valence electrons. The van der Waals surface area contributed by atoms with Gasteiger partial charge in [0.05, 0.1) is 11.4 Å². The summed E-state index contributed by atoms with van der Waals surface area (Å²) < 4.78 is 26.3. The number of rotatable bonds is 8. The van der Waals surface area contributed by atoms with E-state index in [9.17, 15) is 8.42 Å². The fourth-order valence-electron chi connectivity index (χ4n) is 2.03. The maximum absolute atomic E-state index is 12.4. The molecule has 1 N–H and O–H groups in total. The van der Waals surface area contributed by atoms with Crippen molar-refractivity contribution in [2.24, 2.45) is 0 Å². The number of benzene rings is 1. The van der Waals surface area contributed by atoms with Crippen molar-refractivity contribution in [1.82, 2.24) is 5.32 Å². The van der Waals surface area contributed by atoms with Gasteiger partial charge in [0.1, 0.15) is 0 Å². The van der Waals surface area contributed by atoms with Crippen LogP contribution in [0.25, 0.3) is 0 Å². The van der Waals surface area contributed by atoms with E-state index in [-0.39, 0.29) is 5.75 Å². The summed E-state index contributed by atoms with van der Waals surface area (Å²) >= 11 is 0. The number of para-hydroxylation sites is 1. The molecule has 1 aromatic rings. The smallest absolute Gasteiger partial charge is 0.235 e. The van der Waals surface area contributed by atoms with Crippen LogP contribution in [0.3, 0.4) is 0 Å². The first kappa shape index (κ1) is 16.0. The van der Waals surface area contributed by atoms with E-state index in [1.807, 2.05) is 45.0 Å². The molecule has 5 heteroatoms. The van der Waals surface area contributed by atoms with E-state index in [4.69, 9.17) is 0 Å². The lowest BCUT2D eigenvalue weighted by molar-refractivity contribution is 0.586. The van der Waals surface area contributed by atoms with Crippen molar-refractivity contribution in [2.45, 2.75) is 27.2 Å². The first-order valence-electron chi connectivity index (χ1n) is 6.79. The monoisotopic (exact) mass is 284 g/mol. The summed E-state index contributed by atoms with van der Waals surface area (Å²) in [4.78, 5) is 0. The second-order valence-electron chi connectivity index (χ2n) is 4.47. The summed E-state index contributed by atoms with van der Waals surface area (Å²) in [5.74, 6) is 0.183. The highest BCUT2D eigenvalue weighted by molar-refractivity contribution is 7.92. The maximum Gasteiger partial charge on any atom is 0.235 e. The van der Waals surface area contributed by atoms with Crippen molar-refractivity contribution in [2.75, 3.05) is 29.7 Å². The van der Waals surface area contributed by atoms with Gasteiger partial charge in [0.25, 0.3) is 0 Å². The molecule has 0 saturated carbocycles. The first-order valence-corrected chi connectivity index (χ1v) is 8.40. The van der Waals surface area contributed by atoms with Gasteiger partial charge < -0.3 is 5.32 Å². The molecular weight excluding hydrogens is 260 g/mol. The minimum Gasteiger partial charge on any atom is -0.317 e. The van der Waals surface area contributed by atoms with E-state index in [0.717, 1.165) is 24.3 Å². The van der Waals surface area contributed by atoms with Gasteiger partial charge in [-0.15, -0.1) is 0 Å². The Balaban J connectivity index is 2.81. The molecule has 0 amide bonds. The molecule has 0 saturated heterocycles. The summed E-state index contributed by atoms with van der Waals surface area (Å²) in [5.41, 5.74) is 1.77. The fraction of sp³-hybridized carbons (Fsp3) is 0.571. The molecule has 0 aliphatic heterocycles. The molecule has 4 nitrogen and oxygen atoms in total. The summed E-state index contributed by atoms with van der Waals surface area (Å²) in [6.07, 6.45) is 0.637. The van der Waals surface area contributed by atoms with Gasteiger partial charge in [-0.25, -0.2) is 8.42 Å². The average molecular weight is 284 g/mol. The standard InChI is InChI=1S/C14H24N2O2S/c1-4-15-11-8-12-19(17,18)16(5-2)14-10-7-6-9-13(14)3/h6-7,9-10,15H,4-5,8,11-12H2,1-3H3. The van der Waals surface area contributed by atoms with Crippen LogP contribution in [0.4, 0.5) is 5.69 Å². The number of anilines is 1. The lowest BCUT2D eigenvalue weighted by Crippen LogP contribution is -2.34. The van der Waals surface area contributed by atoms with Crippen LogP contribution in [-0.2, 0) is 10.0 Å². The summed E-state index contributed by atoms with van der Waals surface area (Å²) in [7, 11) is -3.24. The highest BCUT2D eigenvalue weighted by Crippen LogP contribution is 2.22. The minimum atomic E-state index is -3.24. The van der Waals surface area contributed by atoms with E-state index in [0.29, 0.717) is 13.0 Å². The van der Waals surface area contributed by atoms with Crippen molar-refractivity contribution in [1.29, 1.82) is 0 Å². The number of nitrogens with zero attached hydrogens (tertiary/aromatic N) is 1. The van der Waals surface area contributed by atoms with E-state index < -0.39 is 10.0 Å². The summed E-state index contributed by atoms with van der Waals surface area (Å²) in [6, 6.07) is 7.59. The van der Waals surface area contributed by atoms with Gasteiger partial charge in [-0.1, -0.05) is 25.1 Å². The van der Waals surface area contributed by atoms with Gasteiger partial charge in [-0.2, -0.15) is 0 Å². The molecule has 1 rings (SSSR count). The molecule has 0 aromatic heterocycles. The second-order valence-corrected chi connectivity index (χ2v) is 6.49. The van der Waals surface area contributed by atoms with Crippen LogP contribution in [0.5, 0.6) is 0 Å². The van der Waals surface area contributed by atoms with Crippen LogP contribution in [0.2, 0.25) is 0 Å².